The normalized spacial score (nSPS) is 13.1. The van der Waals surface area contributed by atoms with E-state index in [1.165, 1.54) is 10.9 Å². The lowest BCUT2D eigenvalue weighted by Gasteiger charge is -2.12. The summed E-state index contributed by atoms with van der Waals surface area (Å²) in [5, 5.41) is 1.22. The van der Waals surface area contributed by atoms with Crippen LogP contribution in [0.15, 0.2) is 30.5 Å². The van der Waals surface area contributed by atoms with Crippen LogP contribution < -0.4 is 5.73 Å². The minimum atomic E-state index is -0.348. The first-order valence-corrected chi connectivity index (χ1v) is 6.44. The predicted octanol–water partition coefficient (Wildman–Crippen LogP) is 2.65. The molecule has 3 N–H and O–H groups in total. The lowest BCUT2D eigenvalue weighted by molar-refractivity contribution is -0.123. The number of nitrogens with two attached hydrogens (primary N) is 1. The van der Waals surface area contributed by atoms with Gasteiger partial charge in [-0.05, 0) is 24.5 Å². The van der Waals surface area contributed by atoms with Crippen molar-refractivity contribution in [1.82, 2.24) is 4.98 Å². The molecule has 3 heteroatoms. The van der Waals surface area contributed by atoms with Gasteiger partial charge in [0, 0.05) is 23.0 Å². The van der Waals surface area contributed by atoms with Crippen molar-refractivity contribution in [2.24, 2.45) is 11.7 Å². The minimum absolute atomic E-state index is 0.0166. The Labute approximate surface area is 107 Å². The Morgan fingerprint density at radius 3 is 2.78 bits per heavy atom. The van der Waals surface area contributed by atoms with Crippen molar-refractivity contribution in [2.45, 2.75) is 32.7 Å². The number of carbonyl (C=O) groups is 1. The van der Waals surface area contributed by atoms with E-state index in [1.807, 2.05) is 32.2 Å². The van der Waals surface area contributed by atoms with Crippen LogP contribution in [0.2, 0.25) is 0 Å². The highest BCUT2D eigenvalue weighted by atomic mass is 16.1. The van der Waals surface area contributed by atoms with Gasteiger partial charge >= 0.3 is 0 Å². The van der Waals surface area contributed by atoms with Crippen LogP contribution in [-0.2, 0) is 11.2 Å². The van der Waals surface area contributed by atoms with E-state index in [9.17, 15) is 4.79 Å². The summed E-state index contributed by atoms with van der Waals surface area (Å²) < 4.78 is 0. The lowest BCUT2D eigenvalue weighted by atomic mass is 9.96. The monoisotopic (exact) mass is 244 g/mol. The molecule has 96 valence electrons. The number of nitrogens with one attached hydrogen (secondary N) is 1. The van der Waals surface area contributed by atoms with Crippen molar-refractivity contribution in [3.63, 3.8) is 0 Å². The molecule has 3 nitrogen and oxygen atoms in total. The van der Waals surface area contributed by atoms with Crippen molar-refractivity contribution in [2.75, 3.05) is 0 Å². The fourth-order valence-electron chi connectivity index (χ4n) is 2.22. The van der Waals surface area contributed by atoms with E-state index in [4.69, 9.17) is 5.73 Å². The van der Waals surface area contributed by atoms with E-state index in [0.29, 0.717) is 6.42 Å². The lowest BCUT2D eigenvalue weighted by Crippen LogP contribution is -2.34. The highest BCUT2D eigenvalue weighted by Crippen LogP contribution is 2.19. The molecule has 0 aliphatic carbocycles. The fraction of sp³-hybridized carbons (Fsp3) is 0.400. The van der Waals surface area contributed by atoms with E-state index in [2.05, 4.69) is 17.1 Å². The molecular weight excluding hydrogens is 224 g/mol. The van der Waals surface area contributed by atoms with Crippen LogP contribution in [0.4, 0.5) is 0 Å². The number of aryl methyl sites for hydroxylation is 1. The average molecular weight is 244 g/mol. The van der Waals surface area contributed by atoms with Gasteiger partial charge in [0.05, 0.1) is 6.04 Å². The fourth-order valence-corrected chi connectivity index (χ4v) is 2.22. The molecule has 0 amide bonds. The second-order valence-electron chi connectivity index (χ2n) is 5.06. The molecule has 0 radical (unpaired) electrons. The minimum Gasteiger partial charge on any atom is -0.361 e. The molecule has 1 atom stereocenters. The maximum Gasteiger partial charge on any atom is 0.152 e. The number of aromatic amines is 1. The first-order chi connectivity index (χ1) is 8.59. The standard InChI is InChI=1S/C15H20N2O/c1-10(2)15(18)13(16)8-7-11-9-17-14-6-4-3-5-12(11)14/h3-6,9-10,13,17H,7-8,16H2,1-2H3/t13-/m1/s1. The summed E-state index contributed by atoms with van der Waals surface area (Å²) >= 11 is 0. The summed E-state index contributed by atoms with van der Waals surface area (Å²) in [6.07, 6.45) is 3.56. The van der Waals surface area contributed by atoms with Crippen LogP contribution in [0.5, 0.6) is 0 Å². The number of para-hydroxylation sites is 1. The zero-order valence-electron chi connectivity index (χ0n) is 10.9. The molecule has 0 unspecified atom stereocenters. The van der Waals surface area contributed by atoms with Crippen molar-refractivity contribution >= 4 is 16.7 Å². The van der Waals surface area contributed by atoms with E-state index >= 15 is 0 Å². The number of fused-ring (bicyclic) bond motifs is 1. The highest BCUT2D eigenvalue weighted by molar-refractivity contribution is 5.86. The molecule has 0 bridgehead atoms. The van der Waals surface area contributed by atoms with Gasteiger partial charge in [0.15, 0.2) is 5.78 Å². The van der Waals surface area contributed by atoms with Gasteiger partial charge in [-0.2, -0.15) is 0 Å². The molecule has 2 rings (SSSR count). The number of rotatable bonds is 5. The Kier molecular flexibility index (Phi) is 3.82. The summed E-state index contributed by atoms with van der Waals surface area (Å²) in [6.45, 7) is 3.79. The van der Waals surface area contributed by atoms with Gasteiger partial charge in [0.2, 0.25) is 0 Å². The van der Waals surface area contributed by atoms with Gasteiger partial charge in [-0.15, -0.1) is 0 Å². The number of hydrogen-bond donors (Lipinski definition) is 2. The molecule has 0 fully saturated rings. The molecule has 1 heterocycles. The van der Waals surface area contributed by atoms with Gasteiger partial charge in [-0.3, -0.25) is 4.79 Å². The third kappa shape index (κ3) is 2.62. The Balaban J connectivity index is 2.04. The van der Waals surface area contributed by atoms with Gasteiger partial charge in [0.1, 0.15) is 0 Å². The summed E-state index contributed by atoms with van der Waals surface area (Å²) in [7, 11) is 0. The Morgan fingerprint density at radius 1 is 1.33 bits per heavy atom. The van der Waals surface area contributed by atoms with Crippen LogP contribution in [0.25, 0.3) is 10.9 Å². The second-order valence-corrected chi connectivity index (χ2v) is 5.06. The Bertz CT molecular complexity index is 542. The third-order valence-electron chi connectivity index (χ3n) is 3.33. The molecule has 18 heavy (non-hydrogen) atoms. The number of benzene rings is 1. The van der Waals surface area contributed by atoms with E-state index in [-0.39, 0.29) is 17.7 Å². The zero-order chi connectivity index (χ0) is 13.1. The summed E-state index contributed by atoms with van der Waals surface area (Å²) in [4.78, 5) is 15.0. The van der Waals surface area contributed by atoms with Crippen molar-refractivity contribution in [1.29, 1.82) is 0 Å². The van der Waals surface area contributed by atoms with Crippen molar-refractivity contribution in [3.05, 3.63) is 36.0 Å². The maximum absolute atomic E-state index is 11.7. The van der Waals surface area contributed by atoms with Gasteiger partial charge in [0.25, 0.3) is 0 Å². The molecule has 1 aromatic heterocycles. The van der Waals surface area contributed by atoms with Crippen LogP contribution in [0.3, 0.4) is 0 Å². The topological polar surface area (TPSA) is 58.9 Å². The van der Waals surface area contributed by atoms with Crippen LogP contribution in [0.1, 0.15) is 25.8 Å². The van der Waals surface area contributed by atoms with Gasteiger partial charge in [-0.1, -0.05) is 32.0 Å². The first kappa shape index (κ1) is 12.8. The smallest absolute Gasteiger partial charge is 0.152 e. The molecule has 0 spiro atoms. The van der Waals surface area contributed by atoms with E-state index < -0.39 is 0 Å². The van der Waals surface area contributed by atoms with E-state index in [0.717, 1.165) is 11.9 Å². The Hall–Kier alpha value is -1.61. The molecule has 1 aromatic carbocycles. The van der Waals surface area contributed by atoms with E-state index in [1.54, 1.807) is 0 Å². The van der Waals surface area contributed by atoms with Gasteiger partial charge in [-0.25, -0.2) is 0 Å². The van der Waals surface area contributed by atoms with Crippen LogP contribution in [0, 0.1) is 5.92 Å². The summed E-state index contributed by atoms with van der Waals surface area (Å²) in [6, 6.07) is 7.84. The molecule has 2 aromatic rings. The quantitative estimate of drug-likeness (QED) is 0.849. The zero-order valence-corrected chi connectivity index (χ0v) is 10.9. The number of Topliss-reactive ketones (excluding diaryl/α,β-unsaturated/α-hetero) is 1. The average Bonchev–Trinajstić information content (AvgIpc) is 2.78. The highest BCUT2D eigenvalue weighted by Gasteiger charge is 2.17. The number of ketones is 1. The number of hydrogen-bond acceptors (Lipinski definition) is 2. The van der Waals surface area contributed by atoms with Crippen molar-refractivity contribution in [3.8, 4) is 0 Å². The second kappa shape index (κ2) is 5.36. The van der Waals surface area contributed by atoms with Crippen molar-refractivity contribution < 1.29 is 4.79 Å². The molecule has 0 aliphatic rings. The van der Waals surface area contributed by atoms with Gasteiger partial charge < -0.3 is 10.7 Å². The molecular formula is C15H20N2O. The number of H-pyrrole nitrogens is 1. The SMILES string of the molecule is CC(C)C(=O)[C@H](N)CCc1c[nH]c2ccccc12. The summed E-state index contributed by atoms with van der Waals surface area (Å²) in [5.41, 5.74) is 8.29. The maximum atomic E-state index is 11.7. The molecule has 0 saturated heterocycles. The molecule has 0 aliphatic heterocycles. The first-order valence-electron chi connectivity index (χ1n) is 6.44. The molecule has 0 saturated carbocycles. The summed E-state index contributed by atoms with van der Waals surface area (Å²) in [5.74, 6) is 0.165. The Morgan fingerprint density at radius 2 is 2.06 bits per heavy atom. The van der Waals surface area contributed by atoms with Crippen LogP contribution >= 0.6 is 0 Å². The van der Waals surface area contributed by atoms with Crippen LogP contribution in [-0.4, -0.2) is 16.8 Å². The largest absolute Gasteiger partial charge is 0.361 e. The number of aromatic nitrogens is 1. The predicted molar refractivity (Wildman–Crippen MR) is 74.4 cm³/mol. The number of carbonyl (C=O) groups excluding carboxylic acids is 1. The third-order valence-corrected chi connectivity index (χ3v) is 3.33.